The minimum absolute atomic E-state index is 0.0227. The maximum Gasteiger partial charge on any atom is 0.293 e. The van der Waals surface area contributed by atoms with Gasteiger partial charge in [-0.2, -0.15) is 0 Å². The van der Waals surface area contributed by atoms with Gasteiger partial charge in [0.1, 0.15) is 11.4 Å². The van der Waals surface area contributed by atoms with Crippen molar-refractivity contribution in [3.05, 3.63) is 130 Å². The molecular formula is C29H25N3O6S2. The number of rotatable bonds is 11. The maximum absolute atomic E-state index is 12.9. The molecule has 0 atom stereocenters. The molecule has 0 bridgehead atoms. The van der Waals surface area contributed by atoms with Crippen LogP contribution in [-0.4, -0.2) is 36.7 Å². The number of anilines is 1. The van der Waals surface area contributed by atoms with Gasteiger partial charge in [-0.3, -0.25) is 14.9 Å². The Labute approximate surface area is 235 Å². The van der Waals surface area contributed by atoms with E-state index in [0.29, 0.717) is 17.9 Å². The van der Waals surface area contributed by atoms with Crippen LogP contribution in [0.5, 0.6) is 0 Å². The highest BCUT2D eigenvalue weighted by Gasteiger charge is 2.24. The average Bonchev–Trinajstić information content (AvgIpc) is 2.96. The topological polar surface area (TPSA) is 139 Å². The van der Waals surface area contributed by atoms with Crippen molar-refractivity contribution < 1.29 is 23.2 Å². The van der Waals surface area contributed by atoms with Crippen molar-refractivity contribution in [2.45, 2.75) is 9.79 Å². The lowest BCUT2D eigenvalue weighted by Gasteiger charge is -2.10. The van der Waals surface area contributed by atoms with Crippen molar-refractivity contribution in [1.29, 1.82) is 0 Å². The third-order valence-electron chi connectivity index (χ3n) is 5.68. The number of carbonyl (C=O) groups is 1. The van der Waals surface area contributed by atoms with Crippen molar-refractivity contribution in [1.82, 2.24) is 4.72 Å². The molecule has 0 fully saturated rings. The zero-order valence-corrected chi connectivity index (χ0v) is 22.7. The van der Waals surface area contributed by atoms with Gasteiger partial charge in [-0.15, -0.1) is 11.8 Å². The van der Waals surface area contributed by atoms with Crippen LogP contribution in [0.1, 0.15) is 21.5 Å². The van der Waals surface area contributed by atoms with Gasteiger partial charge in [0.2, 0.25) is 0 Å². The quantitative estimate of drug-likeness (QED) is 0.0496. The number of hydrogen-bond acceptors (Lipinski definition) is 8. The highest BCUT2D eigenvalue weighted by atomic mass is 32.2. The van der Waals surface area contributed by atoms with Crippen LogP contribution in [0.4, 0.5) is 11.4 Å². The Kier molecular flexibility index (Phi) is 9.20. The summed E-state index contributed by atoms with van der Waals surface area (Å²) >= 11 is 1.58. The first-order valence-corrected chi connectivity index (χ1v) is 14.5. The molecule has 0 saturated carbocycles. The molecule has 4 aromatic carbocycles. The Balaban J connectivity index is 1.42. The van der Waals surface area contributed by atoms with Crippen molar-refractivity contribution >= 4 is 50.9 Å². The Morgan fingerprint density at radius 2 is 1.52 bits per heavy atom. The summed E-state index contributed by atoms with van der Waals surface area (Å²) in [5, 5.41) is 25.0. The predicted molar refractivity (Wildman–Crippen MR) is 157 cm³/mol. The van der Waals surface area contributed by atoms with E-state index in [4.69, 9.17) is 0 Å². The number of nitro benzene ring substituents is 1. The molecule has 204 valence electrons. The molecule has 0 heterocycles. The summed E-state index contributed by atoms with van der Waals surface area (Å²) in [5.74, 6) is -0.304. The summed E-state index contributed by atoms with van der Waals surface area (Å²) in [5.41, 5.74) is 0.995. The van der Waals surface area contributed by atoms with Crippen LogP contribution >= 0.6 is 11.8 Å². The van der Waals surface area contributed by atoms with Gasteiger partial charge in [0.05, 0.1) is 9.82 Å². The van der Waals surface area contributed by atoms with E-state index in [1.807, 2.05) is 65.4 Å². The lowest BCUT2D eigenvalue weighted by atomic mass is 10.1. The van der Waals surface area contributed by atoms with E-state index in [1.54, 1.807) is 17.8 Å². The standard InChI is InChI=1S/C29H25N3O6S2/c33-28(19-21-7-3-1-4-8-21)22-11-13-23(14-12-22)29(34)31-40(37,38)25-15-16-26(27(20-25)32(35)36)30-17-18-39-24-9-5-2-6-10-24/h1-16,19-20,30,33H,17-18H2,(H,31,34)/b28-19+. The molecule has 1 amide bonds. The van der Waals surface area contributed by atoms with E-state index >= 15 is 0 Å². The van der Waals surface area contributed by atoms with Gasteiger partial charge in [0.25, 0.3) is 21.6 Å². The van der Waals surface area contributed by atoms with Gasteiger partial charge in [0.15, 0.2) is 0 Å². The van der Waals surface area contributed by atoms with Crippen LogP contribution in [-0.2, 0) is 10.0 Å². The van der Waals surface area contributed by atoms with E-state index in [-0.39, 0.29) is 17.0 Å². The first-order valence-electron chi connectivity index (χ1n) is 12.1. The number of benzene rings is 4. The zero-order valence-electron chi connectivity index (χ0n) is 21.1. The number of aliphatic hydroxyl groups is 1. The van der Waals surface area contributed by atoms with Crippen LogP contribution in [0, 0.1) is 10.1 Å². The molecular weight excluding hydrogens is 550 g/mol. The fraction of sp³-hybridized carbons (Fsp3) is 0.0690. The van der Waals surface area contributed by atoms with Gasteiger partial charge in [-0.1, -0.05) is 60.7 Å². The second-order valence-corrected chi connectivity index (χ2v) is 11.3. The lowest BCUT2D eigenvalue weighted by Crippen LogP contribution is -2.30. The van der Waals surface area contributed by atoms with Crippen LogP contribution in [0.3, 0.4) is 0 Å². The van der Waals surface area contributed by atoms with E-state index in [9.17, 15) is 28.4 Å². The third-order valence-corrected chi connectivity index (χ3v) is 8.02. The molecule has 0 aromatic heterocycles. The summed E-state index contributed by atoms with van der Waals surface area (Å²) < 4.78 is 27.7. The normalized spacial score (nSPS) is 11.6. The monoisotopic (exact) mass is 575 g/mol. The van der Waals surface area contributed by atoms with E-state index in [0.717, 1.165) is 16.5 Å². The Bertz CT molecular complexity index is 1630. The van der Waals surface area contributed by atoms with Crippen molar-refractivity contribution in [3.8, 4) is 0 Å². The second kappa shape index (κ2) is 13.0. The van der Waals surface area contributed by atoms with E-state index in [2.05, 4.69) is 5.32 Å². The second-order valence-electron chi connectivity index (χ2n) is 8.48. The number of carbonyl (C=O) groups excluding carboxylic acids is 1. The van der Waals surface area contributed by atoms with Gasteiger partial charge in [0, 0.05) is 34.4 Å². The minimum atomic E-state index is -4.41. The van der Waals surface area contributed by atoms with Crippen molar-refractivity contribution in [3.63, 3.8) is 0 Å². The van der Waals surface area contributed by atoms with Gasteiger partial charge < -0.3 is 10.4 Å². The number of sulfonamides is 1. The zero-order chi connectivity index (χ0) is 28.5. The number of thioether (sulfide) groups is 1. The smallest absolute Gasteiger partial charge is 0.293 e. The molecule has 0 spiro atoms. The fourth-order valence-corrected chi connectivity index (χ4v) is 5.46. The molecule has 4 aromatic rings. The largest absolute Gasteiger partial charge is 0.507 e. The Morgan fingerprint density at radius 1 is 0.900 bits per heavy atom. The number of amides is 1. The summed E-state index contributed by atoms with van der Waals surface area (Å²) in [6, 6.07) is 28.0. The van der Waals surface area contributed by atoms with Gasteiger partial charge >= 0.3 is 0 Å². The number of nitrogens with zero attached hydrogens (tertiary/aromatic N) is 1. The number of hydrogen-bond donors (Lipinski definition) is 3. The third kappa shape index (κ3) is 7.49. The summed E-state index contributed by atoms with van der Waals surface area (Å²) in [6.45, 7) is 0.412. The van der Waals surface area contributed by atoms with Gasteiger partial charge in [-0.25, -0.2) is 13.1 Å². The molecule has 0 radical (unpaired) electrons. The molecule has 9 nitrogen and oxygen atoms in total. The van der Waals surface area contributed by atoms with Crippen LogP contribution in [0.25, 0.3) is 11.8 Å². The van der Waals surface area contributed by atoms with Crippen LogP contribution in [0.2, 0.25) is 0 Å². The first kappa shape index (κ1) is 28.4. The minimum Gasteiger partial charge on any atom is -0.507 e. The highest BCUT2D eigenvalue weighted by Crippen LogP contribution is 2.28. The molecule has 4 rings (SSSR count). The fourth-order valence-electron chi connectivity index (χ4n) is 3.67. The molecule has 0 aliphatic rings. The first-order chi connectivity index (χ1) is 19.2. The summed E-state index contributed by atoms with van der Waals surface area (Å²) in [4.78, 5) is 24.3. The number of nitrogens with one attached hydrogen (secondary N) is 2. The van der Waals surface area contributed by atoms with Crippen LogP contribution in [0.15, 0.2) is 113 Å². The average molecular weight is 576 g/mol. The lowest BCUT2D eigenvalue weighted by molar-refractivity contribution is -0.384. The maximum atomic E-state index is 12.9. The Morgan fingerprint density at radius 3 is 2.17 bits per heavy atom. The van der Waals surface area contributed by atoms with E-state index in [1.165, 1.54) is 36.4 Å². The molecule has 40 heavy (non-hydrogen) atoms. The van der Waals surface area contributed by atoms with Crippen LogP contribution < -0.4 is 10.0 Å². The molecule has 0 saturated heterocycles. The molecule has 0 unspecified atom stereocenters. The van der Waals surface area contributed by atoms with Crippen molar-refractivity contribution in [2.75, 3.05) is 17.6 Å². The Hall–Kier alpha value is -4.61. The van der Waals surface area contributed by atoms with E-state index < -0.39 is 31.4 Å². The number of nitro groups is 1. The number of aliphatic hydroxyl groups excluding tert-OH is 1. The molecule has 3 N–H and O–H groups in total. The summed E-state index contributed by atoms with van der Waals surface area (Å²) in [6.07, 6.45) is 1.56. The molecule has 0 aliphatic carbocycles. The highest BCUT2D eigenvalue weighted by molar-refractivity contribution is 7.99. The van der Waals surface area contributed by atoms with Gasteiger partial charge in [-0.05, 0) is 48.0 Å². The molecule has 0 aliphatic heterocycles. The molecule has 11 heteroatoms. The SMILES string of the molecule is O=C(NS(=O)(=O)c1ccc(NCCSc2ccccc2)c([N+](=O)[O-])c1)c1ccc(/C(O)=C\c2ccccc2)cc1. The predicted octanol–water partition coefficient (Wildman–Crippen LogP) is 5.97. The van der Waals surface area contributed by atoms with Crippen molar-refractivity contribution in [2.24, 2.45) is 0 Å². The summed E-state index contributed by atoms with van der Waals surface area (Å²) in [7, 11) is -4.41.